The van der Waals surface area contributed by atoms with Crippen LogP contribution in [-0.4, -0.2) is 50.8 Å². The fraction of sp³-hybridized carbons (Fsp3) is 0.417. The van der Waals surface area contributed by atoms with Crippen LogP contribution < -0.4 is 5.32 Å². The van der Waals surface area contributed by atoms with Crippen molar-refractivity contribution in [2.75, 3.05) is 13.1 Å². The van der Waals surface area contributed by atoms with Crippen LogP contribution in [0.25, 0.3) is 5.57 Å². The number of alkyl halides is 2. The standard InChI is InChI=1S/C24H25ClF3N5OS/c1-14-9-24(27,28)6-7-33(14)20(21-15(2)32-13-35-21)12-31-23(34)18-8-16(4-3-5-19(18)25)22-29-10-17(26)11-30-22/h3,5,8,10-11,13-14,20H,4,6-7,9,12H2,1-2H3,(H,31,34). The normalized spacial score (nSPS) is 21.4. The molecule has 1 aliphatic carbocycles. The zero-order chi connectivity index (χ0) is 25.2. The number of hydrogen-bond donors (Lipinski definition) is 1. The first-order chi connectivity index (χ1) is 16.6. The van der Waals surface area contributed by atoms with Gasteiger partial charge in [0.1, 0.15) is 0 Å². The summed E-state index contributed by atoms with van der Waals surface area (Å²) in [6, 6.07) is -0.671. The summed E-state index contributed by atoms with van der Waals surface area (Å²) >= 11 is 7.83. The summed E-state index contributed by atoms with van der Waals surface area (Å²) in [6.07, 6.45) is 7.08. The summed E-state index contributed by atoms with van der Waals surface area (Å²) in [6.45, 7) is 4.07. The van der Waals surface area contributed by atoms with Gasteiger partial charge in [0.05, 0.1) is 40.2 Å². The molecule has 0 bridgehead atoms. The van der Waals surface area contributed by atoms with E-state index in [1.807, 2.05) is 11.8 Å². The molecule has 186 valence electrons. The van der Waals surface area contributed by atoms with Gasteiger partial charge in [0.25, 0.3) is 11.8 Å². The molecule has 0 aromatic carbocycles. The van der Waals surface area contributed by atoms with Crippen molar-refractivity contribution in [1.82, 2.24) is 25.2 Å². The van der Waals surface area contributed by atoms with Gasteiger partial charge in [0, 0.05) is 42.4 Å². The number of halogens is 4. The van der Waals surface area contributed by atoms with Crippen LogP contribution in [0.15, 0.2) is 46.7 Å². The van der Waals surface area contributed by atoms with Crippen LogP contribution in [0.3, 0.4) is 0 Å². The molecule has 2 unspecified atom stereocenters. The van der Waals surface area contributed by atoms with Gasteiger partial charge in [-0.05, 0) is 32.4 Å². The van der Waals surface area contributed by atoms with E-state index in [4.69, 9.17) is 11.6 Å². The Kier molecular flexibility index (Phi) is 7.73. The number of nitrogens with zero attached hydrogens (tertiary/aromatic N) is 4. The third-order valence-electron chi connectivity index (χ3n) is 6.17. The summed E-state index contributed by atoms with van der Waals surface area (Å²) in [5.74, 6) is -3.36. The van der Waals surface area contributed by atoms with E-state index in [1.54, 1.807) is 30.7 Å². The van der Waals surface area contributed by atoms with Gasteiger partial charge in [-0.2, -0.15) is 0 Å². The molecule has 2 aromatic heterocycles. The average Bonchev–Trinajstić information content (AvgIpc) is 3.12. The minimum Gasteiger partial charge on any atom is -0.350 e. The number of thiazole rings is 1. The van der Waals surface area contributed by atoms with Crippen LogP contribution in [0.4, 0.5) is 13.2 Å². The van der Waals surface area contributed by atoms with Gasteiger partial charge in [0.15, 0.2) is 11.6 Å². The predicted molar refractivity (Wildman–Crippen MR) is 130 cm³/mol. The molecule has 1 N–H and O–H groups in total. The van der Waals surface area contributed by atoms with E-state index in [2.05, 4.69) is 20.3 Å². The Balaban J connectivity index is 1.56. The molecule has 11 heteroatoms. The summed E-state index contributed by atoms with van der Waals surface area (Å²) in [4.78, 5) is 28.5. The van der Waals surface area contributed by atoms with Crippen LogP contribution in [-0.2, 0) is 4.79 Å². The summed E-state index contributed by atoms with van der Waals surface area (Å²) in [7, 11) is 0. The second-order valence-electron chi connectivity index (χ2n) is 8.69. The van der Waals surface area contributed by atoms with Gasteiger partial charge in [-0.15, -0.1) is 11.3 Å². The third-order valence-corrected chi connectivity index (χ3v) is 7.53. The van der Waals surface area contributed by atoms with E-state index in [-0.39, 0.29) is 48.6 Å². The van der Waals surface area contributed by atoms with Crippen molar-refractivity contribution in [3.63, 3.8) is 0 Å². The number of rotatable bonds is 6. The molecular formula is C24H25ClF3N5OS. The van der Waals surface area contributed by atoms with Crippen molar-refractivity contribution >= 4 is 34.4 Å². The zero-order valence-electron chi connectivity index (χ0n) is 19.3. The first-order valence-electron chi connectivity index (χ1n) is 11.2. The van der Waals surface area contributed by atoms with Gasteiger partial charge in [-0.1, -0.05) is 17.7 Å². The van der Waals surface area contributed by atoms with Crippen LogP contribution in [0.2, 0.25) is 0 Å². The molecule has 2 aromatic rings. The number of aromatic nitrogens is 3. The zero-order valence-corrected chi connectivity index (χ0v) is 20.8. The van der Waals surface area contributed by atoms with Crippen molar-refractivity contribution in [3.8, 4) is 0 Å². The number of nitrogens with one attached hydrogen (secondary N) is 1. The van der Waals surface area contributed by atoms with Gasteiger partial charge >= 0.3 is 0 Å². The molecule has 1 amide bonds. The van der Waals surface area contributed by atoms with Crippen LogP contribution in [0.1, 0.15) is 48.6 Å². The van der Waals surface area contributed by atoms with E-state index < -0.39 is 17.6 Å². The minimum atomic E-state index is -2.69. The second-order valence-corrected chi connectivity index (χ2v) is 9.98. The highest BCUT2D eigenvalue weighted by molar-refractivity contribution is 7.09. The number of allylic oxidation sites excluding steroid dienone is 4. The number of carbonyl (C=O) groups excluding carboxylic acids is 1. The van der Waals surface area contributed by atoms with Gasteiger partial charge in [-0.3, -0.25) is 9.69 Å². The average molecular weight is 524 g/mol. The molecule has 2 atom stereocenters. The lowest BCUT2D eigenvalue weighted by molar-refractivity contribution is -0.118. The van der Waals surface area contributed by atoms with Crippen LogP contribution in [0.5, 0.6) is 0 Å². The molecule has 35 heavy (non-hydrogen) atoms. The lowest BCUT2D eigenvalue weighted by atomic mass is 9.96. The van der Waals surface area contributed by atoms with Crippen molar-refractivity contribution in [3.05, 3.63) is 69.0 Å². The monoisotopic (exact) mass is 523 g/mol. The van der Waals surface area contributed by atoms with Crippen LogP contribution in [0, 0.1) is 12.7 Å². The van der Waals surface area contributed by atoms with Crippen molar-refractivity contribution in [2.45, 2.75) is 51.1 Å². The molecule has 1 fully saturated rings. The highest BCUT2D eigenvalue weighted by Crippen LogP contribution is 2.38. The molecule has 3 heterocycles. The maximum absolute atomic E-state index is 14.0. The molecule has 1 saturated heterocycles. The van der Waals surface area contributed by atoms with E-state index in [0.29, 0.717) is 17.8 Å². The Morgan fingerprint density at radius 3 is 2.74 bits per heavy atom. The molecule has 1 aliphatic heterocycles. The van der Waals surface area contributed by atoms with Gasteiger partial charge in [0.2, 0.25) is 0 Å². The topological polar surface area (TPSA) is 71.0 Å². The fourth-order valence-corrected chi connectivity index (χ4v) is 5.55. The summed E-state index contributed by atoms with van der Waals surface area (Å²) in [5, 5.41) is 3.18. The van der Waals surface area contributed by atoms with E-state index >= 15 is 0 Å². The van der Waals surface area contributed by atoms with Crippen molar-refractivity contribution < 1.29 is 18.0 Å². The summed E-state index contributed by atoms with van der Waals surface area (Å²) < 4.78 is 41.2. The van der Waals surface area contributed by atoms with E-state index in [9.17, 15) is 18.0 Å². The number of piperidine rings is 1. The Morgan fingerprint density at radius 2 is 2.09 bits per heavy atom. The molecule has 0 saturated carbocycles. The number of amides is 1. The second kappa shape index (κ2) is 10.6. The third kappa shape index (κ3) is 5.99. The smallest absolute Gasteiger partial charge is 0.252 e. The summed E-state index contributed by atoms with van der Waals surface area (Å²) in [5.41, 5.74) is 3.37. The van der Waals surface area contributed by atoms with E-state index in [1.165, 1.54) is 11.3 Å². The fourth-order valence-electron chi connectivity index (χ4n) is 4.39. The number of carbonyl (C=O) groups is 1. The molecule has 2 aliphatic rings. The highest BCUT2D eigenvalue weighted by Gasteiger charge is 2.41. The quantitative estimate of drug-likeness (QED) is 0.564. The van der Waals surface area contributed by atoms with Gasteiger partial charge in [-0.25, -0.2) is 28.1 Å². The Hall–Kier alpha value is -2.56. The molecule has 0 radical (unpaired) electrons. The van der Waals surface area contributed by atoms with Crippen molar-refractivity contribution in [2.24, 2.45) is 0 Å². The number of aryl methyl sites for hydroxylation is 1. The number of likely N-dealkylation sites (tertiary alicyclic amines) is 1. The minimum absolute atomic E-state index is 0.200. The first kappa shape index (κ1) is 25.5. The maximum atomic E-state index is 14.0. The largest absolute Gasteiger partial charge is 0.350 e. The van der Waals surface area contributed by atoms with Crippen molar-refractivity contribution in [1.29, 1.82) is 0 Å². The Labute approximate surface area is 210 Å². The lowest BCUT2D eigenvalue weighted by Gasteiger charge is -2.42. The highest BCUT2D eigenvalue weighted by atomic mass is 35.5. The maximum Gasteiger partial charge on any atom is 0.252 e. The lowest BCUT2D eigenvalue weighted by Crippen LogP contribution is -2.49. The van der Waals surface area contributed by atoms with Gasteiger partial charge < -0.3 is 5.32 Å². The first-order valence-corrected chi connectivity index (χ1v) is 12.5. The van der Waals surface area contributed by atoms with Crippen LogP contribution >= 0.6 is 22.9 Å². The molecular weight excluding hydrogens is 499 g/mol. The molecule has 0 spiro atoms. The Morgan fingerprint density at radius 1 is 1.34 bits per heavy atom. The SMILES string of the molecule is Cc1ncsc1C(CNC(=O)C1=C(Cl)C=CCC(c2ncc(F)cn2)=C1)N1CCC(F)(F)CC1C. The number of hydrogen-bond acceptors (Lipinski definition) is 6. The Bertz CT molecular complexity index is 1180. The molecule has 4 rings (SSSR count). The molecule has 6 nitrogen and oxygen atoms in total. The predicted octanol–water partition coefficient (Wildman–Crippen LogP) is 5.19. The van der Waals surface area contributed by atoms with E-state index in [0.717, 1.165) is 23.0 Å².